The number of carbonyl (C=O) groups excluding carboxylic acids is 1. The number of hydrogen-bond acceptors (Lipinski definition) is 3. The van der Waals surface area contributed by atoms with Gasteiger partial charge >= 0.3 is 0 Å². The first-order valence-electron chi connectivity index (χ1n) is 5.75. The Labute approximate surface area is 105 Å². The number of nitrogens with zero attached hydrogens (tertiary/aromatic N) is 3. The minimum Gasteiger partial charge on any atom is -0.343 e. The van der Waals surface area contributed by atoms with Crippen LogP contribution in [0.2, 0.25) is 0 Å². The van der Waals surface area contributed by atoms with E-state index in [2.05, 4.69) is 0 Å². The van der Waals surface area contributed by atoms with Crippen LogP contribution in [-0.2, 0) is 11.3 Å². The van der Waals surface area contributed by atoms with E-state index >= 15 is 0 Å². The Morgan fingerprint density at radius 3 is 2.89 bits per heavy atom. The number of piperazine rings is 1. The minimum atomic E-state index is -0.357. The molecule has 0 radical (unpaired) electrons. The maximum Gasteiger partial charge on any atom is 0.236 e. The molecule has 0 saturated carbocycles. The van der Waals surface area contributed by atoms with Gasteiger partial charge in [-0.1, -0.05) is 0 Å². The quantitative estimate of drug-likeness (QED) is 0.782. The highest BCUT2D eigenvalue weighted by Crippen LogP contribution is 2.14. The predicted octanol–water partition coefficient (Wildman–Crippen LogP) is 0.971. The normalized spacial score (nSPS) is 16.7. The van der Waals surface area contributed by atoms with Gasteiger partial charge in [0.25, 0.3) is 0 Å². The van der Waals surface area contributed by atoms with Crippen LogP contribution >= 0.6 is 0 Å². The van der Waals surface area contributed by atoms with Crippen molar-refractivity contribution in [3.05, 3.63) is 35.1 Å². The fourth-order valence-corrected chi connectivity index (χ4v) is 1.99. The lowest BCUT2D eigenvalue weighted by atomic mass is 10.1. The highest BCUT2D eigenvalue weighted by atomic mass is 19.1. The van der Waals surface area contributed by atoms with Crippen LogP contribution in [0.4, 0.5) is 4.39 Å². The second-order valence-electron chi connectivity index (χ2n) is 4.44. The van der Waals surface area contributed by atoms with Crippen molar-refractivity contribution in [2.45, 2.75) is 6.54 Å². The Hall–Kier alpha value is -1.93. The van der Waals surface area contributed by atoms with Crippen molar-refractivity contribution in [3.63, 3.8) is 0 Å². The van der Waals surface area contributed by atoms with E-state index in [-0.39, 0.29) is 11.7 Å². The number of rotatable bonds is 2. The zero-order valence-corrected chi connectivity index (χ0v) is 10.2. The topological polar surface area (TPSA) is 47.3 Å². The molecule has 1 amide bonds. The van der Waals surface area contributed by atoms with Gasteiger partial charge in [-0.15, -0.1) is 0 Å². The summed E-state index contributed by atoms with van der Waals surface area (Å²) in [7, 11) is 1.77. The number of carbonyl (C=O) groups is 1. The number of likely N-dealkylation sites (N-methyl/N-ethyl adjacent to an activating group) is 1. The second kappa shape index (κ2) is 5.15. The lowest BCUT2D eigenvalue weighted by molar-refractivity contribution is -0.134. The first kappa shape index (κ1) is 12.5. The van der Waals surface area contributed by atoms with Crippen LogP contribution in [0.5, 0.6) is 0 Å². The summed E-state index contributed by atoms with van der Waals surface area (Å²) in [4.78, 5) is 15.2. The van der Waals surface area contributed by atoms with Crippen molar-refractivity contribution in [1.29, 1.82) is 5.26 Å². The molecule has 5 heteroatoms. The van der Waals surface area contributed by atoms with Crippen LogP contribution in [0.25, 0.3) is 0 Å². The van der Waals surface area contributed by atoms with Crippen LogP contribution in [-0.4, -0.2) is 42.4 Å². The van der Waals surface area contributed by atoms with E-state index in [1.54, 1.807) is 11.9 Å². The number of hydrogen-bond donors (Lipinski definition) is 0. The molecule has 0 aromatic heterocycles. The van der Waals surface area contributed by atoms with E-state index in [0.29, 0.717) is 30.8 Å². The molecular weight excluding hydrogens is 233 g/mol. The smallest absolute Gasteiger partial charge is 0.236 e. The molecule has 1 aromatic rings. The molecule has 0 aliphatic carbocycles. The summed E-state index contributed by atoms with van der Waals surface area (Å²) in [5.74, 6) is -0.305. The second-order valence-corrected chi connectivity index (χ2v) is 4.44. The van der Waals surface area contributed by atoms with Crippen LogP contribution in [0.1, 0.15) is 11.1 Å². The Balaban J connectivity index is 2.12. The molecule has 0 atom stereocenters. The zero-order chi connectivity index (χ0) is 13.1. The van der Waals surface area contributed by atoms with Gasteiger partial charge in [-0.05, 0) is 23.8 Å². The van der Waals surface area contributed by atoms with Gasteiger partial charge in [-0.25, -0.2) is 4.39 Å². The van der Waals surface area contributed by atoms with E-state index < -0.39 is 0 Å². The van der Waals surface area contributed by atoms with Gasteiger partial charge in [0, 0.05) is 26.7 Å². The summed E-state index contributed by atoms with van der Waals surface area (Å²) in [5.41, 5.74) is 1.10. The predicted molar refractivity (Wildman–Crippen MR) is 64.0 cm³/mol. The van der Waals surface area contributed by atoms with E-state index in [4.69, 9.17) is 5.26 Å². The molecule has 0 bridgehead atoms. The maximum absolute atomic E-state index is 13.2. The Morgan fingerprint density at radius 1 is 1.44 bits per heavy atom. The number of halogens is 1. The van der Waals surface area contributed by atoms with Crippen LogP contribution in [0.3, 0.4) is 0 Å². The van der Waals surface area contributed by atoms with Gasteiger partial charge in [-0.2, -0.15) is 5.26 Å². The Kier molecular flexibility index (Phi) is 3.58. The largest absolute Gasteiger partial charge is 0.343 e. The first-order chi connectivity index (χ1) is 8.60. The molecule has 4 nitrogen and oxygen atoms in total. The Morgan fingerprint density at radius 2 is 2.22 bits per heavy atom. The van der Waals surface area contributed by atoms with E-state index in [9.17, 15) is 9.18 Å². The van der Waals surface area contributed by atoms with Crippen molar-refractivity contribution < 1.29 is 9.18 Å². The lowest BCUT2D eigenvalue weighted by Gasteiger charge is -2.32. The van der Waals surface area contributed by atoms with Crippen molar-refractivity contribution in [3.8, 4) is 6.07 Å². The van der Waals surface area contributed by atoms with Crippen molar-refractivity contribution in [2.75, 3.05) is 26.7 Å². The van der Waals surface area contributed by atoms with Crippen molar-refractivity contribution in [2.24, 2.45) is 0 Å². The molecule has 1 aromatic carbocycles. The third kappa shape index (κ3) is 2.66. The molecule has 94 valence electrons. The summed E-state index contributed by atoms with van der Waals surface area (Å²) in [6.45, 7) is 2.15. The number of amides is 1. The summed E-state index contributed by atoms with van der Waals surface area (Å²) in [6.07, 6.45) is 0. The third-order valence-electron chi connectivity index (χ3n) is 3.12. The molecule has 2 rings (SSSR count). The average molecular weight is 247 g/mol. The van der Waals surface area contributed by atoms with Crippen LogP contribution in [0.15, 0.2) is 18.2 Å². The first-order valence-corrected chi connectivity index (χ1v) is 5.75. The summed E-state index contributed by atoms with van der Waals surface area (Å²) in [6, 6.07) is 6.16. The molecule has 18 heavy (non-hydrogen) atoms. The van der Waals surface area contributed by atoms with Crippen molar-refractivity contribution in [1.82, 2.24) is 9.80 Å². The fourth-order valence-electron chi connectivity index (χ4n) is 1.99. The molecular formula is C13H14FN3O. The highest BCUT2D eigenvalue weighted by molar-refractivity contribution is 5.78. The van der Waals surface area contributed by atoms with E-state index in [1.807, 2.05) is 11.0 Å². The van der Waals surface area contributed by atoms with Gasteiger partial charge in [-0.3, -0.25) is 9.69 Å². The summed E-state index contributed by atoms with van der Waals surface area (Å²) in [5, 5.41) is 8.97. The van der Waals surface area contributed by atoms with Gasteiger partial charge in [0.15, 0.2) is 0 Å². The molecule has 0 N–H and O–H groups in total. The molecule has 0 unspecified atom stereocenters. The van der Waals surface area contributed by atoms with Gasteiger partial charge in [0.1, 0.15) is 5.82 Å². The van der Waals surface area contributed by atoms with Gasteiger partial charge in [0.05, 0.1) is 18.2 Å². The number of nitriles is 1. The Bertz CT molecular complexity index is 509. The molecule has 1 aliphatic heterocycles. The third-order valence-corrected chi connectivity index (χ3v) is 3.12. The standard InChI is InChI=1S/C13H14FN3O/c1-16-4-5-17(9-13(16)18)8-11-6-12(14)3-2-10(11)7-15/h2-3,6H,4-5,8-9H2,1H3. The monoisotopic (exact) mass is 247 g/mol. The molecule has 1 heterocycles. The fraction of sp³-hybridized carbons (Fsp3) is 0.385. The molecule has 1 saturated heterocycles. The summed E-state index contributed by atoms with van der Waals surface area (Å²) < 4.78 is 13.2. The maximum atomic E-state index is 13.2. The zero-order valence-electron chi connectivity index (χ0n) is 10.2. The van der Waals surface area contributed by atoms with Crippen molar-refractivity contribution >= 4 is 5.91 Å². The summed E-state index contributed by atoms with van der Waals surface area (Å²) >= 11 is 0. The van der Waals surface area contributed by atoms with Gasteiger partial charge in [0.2, 0.25) is 5.91 Å². The van der Waals surface area contributed by atoms with Gasteiger partial charge < -0.3 is 4.90 Å². The van der Waals surface area contributed by atoms with Crippen LogP contribution in [0, 0.1) is 17.1 Å². The highest BCUT2D eigenvalue weighted by Gasteiger charge is 2.21. The SMILES string of the molecule is CN1CCN(Cc2cc(F)ccc2C#N)CC1=O. The van der Waals surface area contributed by atoms with E-state index in [1.165, 1.54) is 18.2 Å². The lowest BCUT2D eigenvalue weighted by Crippen LogP contribution is -2.48. The van der Waals surface area contributed by atoms with E-state index in [0.717, 1.165) is 6.54 Å². The average Bonchev–Trinajstić information content (AvgIpc) is 2.34. The van der Waals surface area contributed by atoms with Crippen LogP contribution < -0.4 is 0 Å². The molecule has 1 aliphatic rings. The number of benzene rings is 1. The molecule has 1 fully saturated rings. The minimum absolute atomic E-state index is 0.0520. The molecule has 0 spiro atoms.